The summed E-state index contributed by atoms with van der Waals surface area (Å²) in [7, 11) is 3.18. The van der Waals surface area contributed by atoms with E-state index in [0.29, 0.717) is 222 Å². The summed E-state index contributed by atoms with van der Waals surface area (Å²) in [6, 6.07) is 5.76. The highest BCUT2D eigenvalue weighted by Gasteiger charge is 2.32. The molecule has 1 aromatic heterocycles. The van der Waals surface area contributed by atoms with Gasteiger partial charge in [-0.1, -0.05) is 16.9 Å². The molecular weight excluding hydrogens is 1010 g/mol. The number of rotatable bonds is 57. The number of imide groups is 1. The molecule has 0 atom stereocenters. The van der Waals surface area contributed by atoms with Gasteiger partial charge >= 0.3 is 5.97 Å². The molecule has 1 aliphatic rings. The van der Waals surface area contributed by atoms with E-state index in [-0.39, 0.29) is 38.4 Å². The van der Waals surface area contributed by atoms with Gasteiger partial charge in [-0.3, -0.25) is 14.4 Å². The van der Waals surface area contributed by atoms with Crippen LogP contribution < -0.4 is 5.32 Å². The standard InChI is InChI=1S/C47H81N3O21S2/c51-43(7-42-72-73-44-3-1-2-8-49-44)48-9-11-56-13-15-58-17-19-60-21-23-62-25-27-64-29-31-66-33-35-68-37-39-70-41-40-69-38-36-67-34-32-65-30-28-63-26-24-61-22-20-59-18-16-57-14-12-55-10-6-47(54)71-50-45(52)4-5-46(50)53/h1-3,8H,4-7,9-42H2,(H,48,51). The van der Waals surface area contributed by atoms with E-state index in [2.05, 4.69) is 10.3 Å². The van der Waals surface area contributed by atoms with Gasteiger partial charge in [0.15, 0.2) is 0 Å². The van der Waals surface area contributed by atoms with E-state index in [1.54, 1.807) is 27.8 Å². The summed E-state index contributed by atoms with van der Waals surface area (Å²) in [6.45, 7) is 14.5. The van der Waals surface area contributed by atoms with Crippen molar-refractivity contribution in [1.82, 2.24) is 15.4 Å². The van der Waals surface area contributed by atoms with Crippen molar-refractivity contribution in [3.8, 4) is 0 Å². The zero-order valence-corrected chi connectivity index (χ0v) is 44.1. The molecule has 1 aliphatic heterocycles. The van der Waals surface area contributed by atoms with E-state index in [1.807, 2.05) is 18.2 Å². The van der Waals surface area contributed by atoms with Gasteiger partial charge in [0.05, 0.1) is 218 Å². The van der Waals surface area contributed by atoms with Gasteiger partial charge in [-0.25, -0.2) is 9.78 Å². The van der Waals surface area contributed by atoms with Crippen LogP contribution in [-0.2, 0) is 99.8 Å². The Labute approximate surface area is 437 Å². The number of nitrogens with one attached hydrogen (secondary N) is 1. The molecule has 0 aliphatic carbocycles. The van der Waals surface area contributed by atoms with Crippen LogP contribution >= 0.6 is 21.6 Å². The molecule has 422 valence electrons. The van der Waals surface area contributed by atoms with Crippen molar-refractivity contribution in [1.29, 1.82) is 0 Å². The van der Waals surface area contributed by atoms with Crippen LogP contribution in [0.25, 0.3) is 0 Å². The quantitative estimate of drug-likeness (QED) is 0.0552. The molecule has 2 heterocycles. The van der Waals surface area contributed by atoms with E-state index >= 15 is 0 Å². The summed E-state index contributed by atoms with van der Waals surface area (Å²) >= 11 is 0. The van der Waals surface area contributed by atoms with Crippen molar-refractivity contribution in [2.45, 2.75) is 30.7 Å². The van der Waals surface area contributed by atoms with Gasteiger partial charge in [0, 0.05) is 37.8 Å². The maximum atomic E-state index is 11.9. The third-order valence-corrected chi connectivity index (χ3v) is 11.3. The van der Waals surface area contributed by atoms with Crippen LogP contribution in [0.5, 0.6) is 0 Å². The van der Waals surface area contributed by atoms with Gasteiger partial charge in [0.2, 0.25) is 5.91 Å². The Balaban J connectivity index is 1.11. The van der Waals surface area contributed by atoms with Crippen LogP contribution in [0.4, 0.5) is 0 Å². The maximum Gasteiger partial charge on any atom is 0.335 e. The summed E-state index contributed by atoms with van der Waals surface area (Å²) < 4.78 is 87.6. The monoisotopic (exact) mass is 1090 g/mol. The molecule has 1 saturated heterocycles. The molecule has 0 bridgehead atoms. The molecule has 0 unspecified atom stereocenters. The average Bonchev–Trinajstić information content (AvgIpc) is 3.71. The van der Waals surface area contributed by atoms with E-state index in [0.717, 1.165) is 5.03 Å². The fourth-order valence-corrected chi connectivity index (χ4v) is 7.21. The second kappa shape index (κ2) is 52.7. The smallest absolute Gasteiger partial charge is 0.335 e. The molecule has 1 N–H and O–H groups in total. The molecule has 0 aromatic carbocycles. The average molecular weight is 1090 g/mol. The minimum absolute atomic E-state index is 0.00854. The van der Waals surface area contributed by atoms with Crippen LogP contribution in [0.1, 0.15) is 25.7 Å². The number of hydrogen-bond donors (Lipinski definition) is 1. The van der Waals surface area contributed by atoms with Crippen molar-refractivity contribution < 1.29 is 99.8 Å². The van der Waals surface area contributed by atoms with Gasteiger partial charge in [0.1, 0.15) is 5.03 Å². The molecule has 1 fully saturated rings. The predicted octanol–water partition coefficient (Wildman–Crippen LogP) is 1.59. The molecule has 26 heteroatoms. The third-order valence-electron chi connectivity index (χ3n) is 8.99. The van der Waals surface area contributed by atoms with E-state index < -0.39 is 17.8 Å². The zero-order valence-electron chi connectivity index (χ0n) is 42.5. The second-order valence-corrected chi connectivity index (χ2v) is 17.2. The lowest BCUT2D eigenvalue weighted by Crippen LogP contribution is -2.32. The van der Waals surface area contributed by atoms with Gasteiger partial charge in [-0.15, -0.1) is 5.06 Å². The summed E-state index contributed by atoms with van der Waals surface area (Å²) in [6.07, 6.45) is 2.23. The van der Waals surface area contributed by atoms with Crippen molar-refractivity contribution in [2.75, 3.05) is 224 Å². The Morgan fingerprint density at radius 1 is 0.438 bits per heavy atom. The summed E-state index contributed by atoms with van der Waals surface area (Å²) in [5.41, 5.74) is 0. The maximum absolute atomic E-state index is 11.9. The van der Waals surface area contributed by atoms with Crippen LogP contribution in [0.3, 0.4) is 0 Å². The van der Waals surface area contributed by atoms with Crippen molar-refractivity contribution >= 4 is 45.3 Å². The van der Waals surface area contributed by atoms with Crippen LogP contribution in [0.15, 0.2) is 29.4 Å². The van der Waals surface area contributed by atoms with Crippen LogP contribution in [-0.4, -0.2) is 257 Å². The Morgan fingerprint density at radius 3 is 1.07 bits per heavy atom. The molecule has 0 radical (unpaired) electrons. The van der Waals surface area contributed by atoms with Gasteiger partial charge in [-0.05, 0) is 22.9 Å². The highest BCUT2D eigenvalue weighted by molar-refractivity contribution is 8.76. The first-order valence-electron chi connectivity index (χ1n) is 24.8. The topological polar surface area (TPSA) is 253 Å². The van der Waals surface area contributed by atoms with Gasteiger partial charge in [-0.2, -0.15) is 0 Å². The lowest BCUT2D eigenvalue weighted by atomic mass is 10.4. The Morgan fingerprint density at radius 2 is 0.753 bits per heavy atom. The highest BCUT2D eigenvalue weighted by atomic mass is 33.1. The predicted molar refractivity (Wildman–Crippen MR) is 265 cm³/mol. The largest absolute Gasteiger partial charge is 0.378 e. The molecule has 0 spiro atoms. The van der Waals surface area contributed by atoms with Gasteiger partial charge in [0.25, 0.3) is 11.8 Å². The lowest BCUT2D eigenvalue weighted by Gasteiger charge is -2.12. The fraction of sp³-hybridized carbons (Fsp3) is 0.809. The second-order valence-electron chi connectivity index (χ2n) is 14.8. The van der Waals surface area contributed by atoms with Crippen LogP contribution in [0, 0.1) is 0 Å². The number of pyridine rings is 1. The van der Waals surface area contributed by atoms with Crippen molar-refractivity contribution in [3.05, 3.63) is 24.4 Å². The van der Waals surface area contributed by atoms with Crippen LogP contribution in [0.2, 0.25) is 0 Å². The first-order valence-corrected chi connectivity index (χ1v) is 27.2. The minimum Gasteiger partial charge on any atom is -0.378 e. The van der Waals surface area contributed by atoms with E-state index in [9.17, 15) is 19.2 Å². The molecule has 73 heavy (non-hydrogen) atoms. The zero-order chi connectivity index (χ0) is 52.0. The highest BCUT2D eigenvalue weighted by Crippen LogP contribution is 2.29. The number of aromatic nitrogens is 1. The summed E-state index contributed by atoms with van der Waals surface area (Å²) in [5, 5.41) is 4.31. The normalized spacial score (nSPS) is 12.6. The molecular formula is C47H81N3O21S2. The number of ether oxygens (including phenoxy) is 16. The first kappa shape index (κ1) is 66.4. The molecule has 1 aromatic rings. The van der Waals surface area contributed by atoms with Gasteiger partial charge < -0.3 is 85.9 Å². The number of nitrogens with zero attached hydrogens (tertiary/aromatic N) is 2. The number of carbonyl (C=O) groups is 4. The first-order chi connectivity index (χ1) is 36.1. The molecule has 2 rings (SSSR count). The minimum atomic E-state index is -0.704. The molecule has 24 nitrogen and oxygen atoms in total. The third kappa shape index (κ3) is 45.2. The number of hydrogen-bond acceptors (Lipinski definition) is 24. The Bertz CT molecular complexity index is 1420. The molecule has 0 saturated carbocycles. The number of carbonyl (C=O) groups excluding carboxylic acids is 4. The molecule has 3 amide bonds. The SMILES string of the molecule is O=C(CCSSc1ccccn1)NCCOCCOCCOCCOCCOCCOCCOCCOCCOCCOCCOCCOCCOCCOCCOCCOCCC(=O)ON1C(=O)CCC1=O. The summed E-state index contributed by atoms with van der Waals surface area (Å²) in [4.78, 5) is 55.4. The Hall–Kier alpha value is -2.71. The number of hydroxylamine groups is 2. The van der Waals surface area contributed by atoms with E-state index in [4.69, 9.17) is 80.6 Å². The van der Waals surface area contributed by atoms with Crippen molar-refractivity contribution in [2.24, 2.45) is 0 Å². The van der Waals surface area contributed by atoms with E-state index in [1.165, 1.54) is 0 Å². The Kier molecular flexibility index (Phi) is 48.0. The van der Waals surface area contributed by atoms with Crippen molar-refractivity contribution in [3.63, 3.8) is 0 Å². The summed E-state index contributed by atoms with van der Waals surface area (Å²) in [5.74, 6) is -1.01. The number of amides is 3. The fourth-order valence-electron chi connectivity index (χ4n) is 5.35. The lowest BCUT2D eigenvalue weighted by molar-refractivity contribution is -0.198.